The van der Waals surface area contributed by atoms with E-state index in [0.717, 1.165) is 36.7 Å². The van der Waals surface area contributed by atoms with E-state index in [4.69, 9.17) is 0 Å². The summed E-state index contributed by atoms with van der Waals surface area (Å²) in [5, 5.41) is 0. The van der Waals surface area contributed by atoms with Crippen molar-refractivity contribution in [3.05, 3.63) is 17.7 Å². The summed E-state index contributed by atoms with van der Waals surface area (Å²) < 4.78 is 0. The Balaban J connectivity index is 1.58. The minimum absolute atomic E-state index is 0.112. The number of carbonyl (C=O) groups is 1. The second-order valence-corrected chi connectivity index (χ2v) is 9.58. The first-order valence-corrected chi connectivity index (χ1v) is 8.97. The predicted octanol–water partition coefficient (Wildman–Crippen LogP) is 3.67. The van der Waals surface area contributed by atoms with Gasteiger partial charge in [-0.3, -0.25) is 4.79 Å². The predicted molar refractivity (Wildman–Crippen MR) is 89.6 cm³/mol. The zero-order chi connectivity index (χ0) is 16.5. The molecule has 4 nitrogen and oxygen atoms in total. The molecule has 4 fully saturated rings. The van der Waals surface area contributed by atoms with Gasteiger partial charge in [-0.1, -0.05) is 13.8 Å². The molecule has 0 aromatic carbocycles. The fourth-order valence-electron chi connectivity index (χ4n) is 6.93. The first-order valence-electron chi connectivity index (χ1n) is 8.97. The Kier molecular flexibility index (Phi) is 3.05. The van der Waals surface area contributed by atoms with Gasteiger partial charge in [-0.05, 0) is 62.2 Å². The number of aromatic nitrogens is 2. The van der Waals surface area contributed by atoms with Gasteiger partial charge in [0.25, 0.3) is 0 Å². The lowest BCUT2D eigenvalue weighted by molar-refractivity contribution is -0.178. The number of nitrogens with one attached hydrogen (secondary N) is 1. The Bertz CT molecular complexity index is 631. The van der Waals surface area contributed by atoms with E-state index in [2.05, 4.69) is 23.8 Å². The quantitative estimate of drug-likeness (QED) is 0.925. The summed E-state index contributed by atoms with van der Waals surface area (Å²) in [5.41, 5.74) is 1.70. The molecule has 0 saturated heterocycles. The van der Waals surface area contributed by atoms with Gasteiger partial charge in [0.15, 0.2) is 0 Å². The molecule has 0 radical (unpaired) electrons. The van der Waals surface area contributed by atoms with E-state index in [1.165, 1.54) is 19.3 Å². The van der Waals surface area contributed by atoms with Crippen molar-refractivity contribution in [3.8, 4) is 0 Å². The van der Waals surface area contributed by atoms with Crippen molar-refractivity contribution in [1.29, 1.82) is 0 Å². The molecule has 126 valence electrons. The van der Waals surface area contributed by atoms with Crippen molar-refractivity contribution in [2.75, 3.05) is 7.05 Å². The summed E-state index contributed by atoms with van der Waals surface area (Å²) in [6, 6.07) is 0. The highest BCUT2D eigenvalue weighted by Crippen LogP contribution is 2.69. The molecule has 1 aromatic rings. The van der Waals surface area contributed by atoms with Crippen molar-refractivity contribution in [2.24, 2.45) is 22.2 Å². The van der Waals surface area contributed by atoms with Gasteiger partial charge in [0, 0.05) is 18.9 Å². The van der Waals surface area contributed by atoms with Crippen LogP contribution >= 0.6 is 0 Å². The number of aryl methyl sites for hydroxylation is 1. The number of imidazole rings is 1. The summed E-state index contributed by atoms with van der Waals surface area (Å²) in [6.07, 6.45) is 9.10. The summed E-state index contributed by atoms with van der Waals surface area (Å²) >= 11 is 0. The molecule has 0 aliphatic heterocycles. The van der Waals surface area contributed by atoms with E-state index in [0.29, 0.717) is 23.3 Å². The molecule has 1 aromatic heterocycles. The standard InChI is InChI=1S/C19H29N3O/c1-13-8-20-15(21-13)9-22(4)16(23)19-7-14-5-17(2,11-19)10-18(3,6-14)12-19/h8,14H,5-7,9-12H2,1-4H3,(H,20,21)/t14?,17-,18-,19?/m1/s1. The SMILES string of the molecule is Cc1cnc(CN(C)C(=O)C23CC4C[C@@](C)(C2)C[C@@](C)(C4)C3)[nH]1. The third-order valence-electron chi connectivity index (χ3n) is 6.57. The lowest BCUT2D eigenvalue weighted by atomic mass is 9.40. The van der Waals surface area contributed by atoms with E-state index in [-0.39, 0.29) is 5.41 Å². The van der Waals surface area contributed by atoms with E-state index in [1.54, 1.807) is 0 Å². The third-order valence-corrected chi connectivity index (χ3v) is 6.57. The number of nitrogens with zero attached hydrogens (tertiary/aromatic N) is 2. The largest absolute Gasteiger partial charge is 0.345 e. The van der Waals surface area contributed by atoms with Crippen LogP contribution in [-0.4, -0.2) is 27.8 Å². The average molecular weight is 315 g/mol. The van der Waals surface area contributed by atoms with E-state index in [1.807, 2.05) is 25.1 Å². The van der Waals surface area contributed by atoms with Crippen LogP contribution in [0.25, 0.3) is 0 Å². The van der Waals surface area contributed by atoms with Crippen molar-refractivity contribution in [2.45, 2.75) is 65.8 Å². The molecule has 4 saturated carbocycles. The normalized spacial score (nSPS) is 41.3. The second-order valence-electron chi connectivity index (χ2n) is 9.58. The molecule has 1 N–H and O–H groups in total. The van der Waals surface area contributed by atoms with E-state index in [9.17, 15) is 4.79 Å². The third kappa shape index (κ3) is 2.41. The number of hydrogen-bond acceptors (Lipinski definition) is 2. The Morgan fingerprint density at radius 2 is 1.91 bits per heavy atom. The molecule has 5 rings (SSSR count). The Morgan fingerprint density at radius 1 is 1.26 bits per heavy atom. The number of hydrogen-bond donors (Lipinski definition) is 1. The topological polar surface area (TPSA) is 49.0 Å². The van der Waals surface area contributed by atoms with Crippen LogP contribution in [0.3, 0.4) is 0 Å². The molecule has 4 aliphatic rings. The van der Waals surface area contributed by atoms with Crippen LogP contribution in [0.15, 0.2) is 6.20 Å². The summed E-state index contributed by atoms with van der Waals surface area (Å²) in [4.78, 5) is 22.9. The highest BCUT2D eigenvalue weighted by atomic mass is 16.2. The van der Waals surface area contributed by atoms with Crippen LogP contribution in [0.5, 0.6) is 0 Å². The first kappa shape index (κ1) is 15.2. The number of rotatable bonds is 3. The van der Waals surface area contributed by atoms with Crippen molar-refractivity contribution in [1.82, 2.24) is 14.9 Å². The molecule has 23 heavy (non-hydrogen) atoms. The number of carbonyl (C=O) groups excluding carboxylic acids is 1. The monoisotopic (exact) mass is 315 g/mol. The van der Waals surface area contributed by atoms with Crippen LogP contribution in [0.4, 0.5) is 0 Å². The number of aromatic amines is 1. The van der Waals surface area contributed by atoms with Crippen LogP contribution < -0.4 is 0 Å². The Hall–Kier alpha value is -1.32. The van der Waals surface area contributed by atoms with Gasteiger partial charge in [-0.2, -0.15) is 0 Å². The Morgan fingerprint density at radius 3 is 2.43 bits per heavy atom. The molecule has 1 heterocycles. The summed E-state index contributed by atoms with van der Waals surface area (Å²) in [6.45, 7) is 7.44. The van der Waals surface area contributed by atoms with Gasteiger partial charge in [-0.25, -0.2) is 4.98 Å². The first-order chi connectivity index (χ1) is 10.7. The van der Waals surface area contributed by atoms with E-state index >= 15 is 0 Å². The summed E-state index contributed by atoms with van der Waals surface area (Å²) in [7, 11) is 1.95. The lowest BCUT2D eigenvalue weighted by Gasteiger charge is -2.65. The van der Waals surface area contributed by atoms with Gasteiger partial charge in [0.1, 0.15) is 5.82 Å². The fraction of sp³-hybridized carbons (Fsp3) is 0.789. The minimum Gasteiger partial charge on any atom is -0.345 e. The second kappa shape index (κ2) is 4.61. The number of H-pyrrole nitrogens is 1. The minimum atomic E-state index is -0.112. The smallest absolute Gasteiger partial charge is 0.228 e. The van der Waals surface area contributed by atoms with Crippen molar-refractivity contribution >= 4 is 5.91 Å². The molecule has 4 bridgehead atoms. The highest BCUT2D eigenvalue weighted by molar-refractivity contribution is 5.83. The average Bonchev–Trinajstić information content (AvgIpc) is 2.79. The zero-order valence-electron chi connectivity index (χ0n) is 14.9. The van der Waals surface area contributed by atoms with Gasteiger partial charge >= 0.3 is 0 Å². The van der Waals surface area contributed by atoms with Gasteiger partial charge in [-0.15, -0.1) is 0 Å². The molecule has 2 atom stereocenters. The number of amides is 1. The molecular formula is C19H29N3O. The van der Waals surface area contributed by atoms with Crippen molar-refractivity contribution < 1.29 is 4.79 Å². The van der Waals surface area contributed by atoms with Crippen molar-refractivity contribution in [3.63, 3.8) is 0 Å². The maximum atomic E-state index is 13.4. The maximum absolute atomic E-state index is 13.4. The lowest BCUT2D eigenvalue weighted by Crippen LogP contribution is -2.59. The fourth-order valence-corrected chi connectivity index (χ4v) is 6.93. The molecule has 4 heteroatoms. The van der Waals surface area contributed by atoms with Gasteiger partial charge in [0.2, 0.25) is 5.91 Å². The van der Waals surface area contributed by atoms with Gasteiger partial charge in [0.05, 0.1) is 12.0 Å². The molecule has 1 amide bonds. The molecular weight excluding hydrogens is 286 g/mol. The molecule has 0 unspecified atom stereocenters. The van der Waals surface area contributed by atoms with Crippen LogP contribution in [-0.2, 0) is 11.3 Å². The maximum Gasteiger partial charge on any atom is 0.228 e. The zero-order valence-corrected chi connectivity index (χ0v) is 14.9. The van der Waals surface area contributed by atoms with Crippen LogP contribution in [0, 0.1) is 29.1 Å². The van der Waals surface area contributed by atoms with E-state index < -0.39 is 0 Å². The summed E-state index contributed by atoms with van der Waals surface area (Å²) in [5.74, 6) is 2.00. The Labute approximate surface area is 139 Å². The molecule has 4 aliphatic carbocycles. The van der Waals surface area contributed by atoms with Gasteiger partial charge < -0.3 is 9.88 Å². The van der Waals surface area contributed by atoms with Crippen LogP contribution in [0.1, 0.15) is 63.9 Å². The van der Waals surface area contributed by atoms with Crippen LogP contribution in [0.2, 0.25) is 0 Å². The highest BCUT2D eigenvalue weighted by Gasteiger charge is 2.63. The molecule has 0 spiro atoms.